The average Bonchev–Trinajstić information content (AvgIpc) is 1.96. The Kier molecular flexibility index (Phi) is 2.59. The molecular weight excluding hydrogens is 149 g/mol. The second-order valence-corrected chi connectivity index (χ2v) is 2.79. The van der Waals surface area contributed by atoms with Crippen LogP contribution < -0.4 is 5.73 Å². The van der Waals surface area contributed by atoms with Crippen molar-refractivity contribution in [1.82, 2.24) is 0 Å². The number of aliphatic hydroxyl groups is 2. The Morgan fingerprint density at radius 3 is 2.82 bits per heavy atom. The molecule has 4 heteroatoms. The summed E-state index contributed by atoms with van der Waals surface area (Å²) in [4.78, 5) is 0. The molecule has 3 nitrogen and oxygen atoms in total. The van der Waals surface area contributed by atoms with Crippen molar-refractivity contribution in [1.29, 1.82) is 0 Å². The van der Waals surface area contributed by atoms with Crippen LogP contribution >= 0.6 is 0 Å². The topological polar surface area (TPSA) is 66.5 Å². The molecule has 1 rings (SSSR count). The van der Waals surface area contributed by atoms with Gasteiger partial charge in [-0.15, -0.1) is 0 Å². The van der Waals surface area contributed by atoms with Crippen molar-refractivity contribution in [2.24, 2.45) is 5.73 Å². The van der Waals surface area contributed by atoms with Gasteiger partial charge in [0.25, 0.3) is 0 Å². The van der Waals surface area contributed by atoms with Gasteiger partial charge >= 0.3 is 0 Å². The summed E-state index contributed by atoms with van der Waals surface area (Å²) >= 11 is 0. The van der Waals surface area contributed by atoms with Crippen LogP contribution in [0.5, 0.6) is 0 Å². The maximum absolute atomic E-state index is 12.1. The maximum Gasteiger partial charge on any atom is 0.113 e. The summed E-state index contributed by atoms with van der Waals surface area (Å²) in [5, 5.41) is 18.3. The van der Waals surface area contributed by atoms with Gasteiger partial charge in [-0.1, -0.05) is 6.08 Å². The molecule has 0 amide bonds. The third kappa shape index (κ3) is 1.77. The zero-order valence-corrected chi connectivity index (χ0v) is 6.07. The van der Waals surface area contributed by atoms with E-state index in [1.54, 1.807) is 0 Å². The van der Waals surface area contributed by atoms with Crippen LogP contribution in [0, 0.1) is 0 Å². The highest BCUT2D eigenvalue weighted by molar-refractivity contribution is 5.18. The summed E-state index contributed by atoms with van der Waals surface area (Å²) < 4.78 is 12.1. The van der Waals surface area contributed by atoms with Crippen LogP contribution in [-0.2, 0) is 0 Å². The second kappa shape index (κ2) is 3.30. The molecular formula is C7H12FNO2. The quantitative estimate of drug-likeness (QED) is 0.447. The predicted octanol–water partition coefficient (Wildman–Crippen LogP) is -0.665. The third-order valence-electron chi connectivity index (χ3n) is 1.84. The lowest BCUT2D eigenvalue weighted by Crippen LogP contribution is -2.39. The molecule has 1 aliphatic rings. The molecule has 0 radical (unpaired) electrons. The van der Waals surface area contributed by atoms with Crippen LogP contribution in [0.4, 0.5) is 4.39 Å². The third-order valence-corrected chi connectivity index (χ3v) is 1.84. The Morgan fingerprint density at radius 2 is 2.27 bits per heavy atom. The van der Waals surface area contributed by atoms with E-state index in [1.807, 2.05) is 0 Å². The molecule has 0 aromatic heterocycles. The van der Waals surface area contributed by atoms with Crippen LogP contribution in [-0.4, -0.2) is 35.1 Å². The molecule has 4 N–H and O–H groups in total. The van der Waals surface area contributed by atoms with E-state index in [-0.39, 0.29) is 11.6 Å². The summed E-state index contributed by atoms with van der Waals surface area (Å²) in [5.41, 5.74) is 5.63. The summed E-state index contributed by atoms with van der Waals surface area (Å²) in [5.74, 6) is 0. The first kappa shape index (κ1) is 8.64. The summed E-state index contributed by atoms with van der Waals surface area (Å²) in [6.45, 7) is -0.744. The van der Waals surface area contributed by atoms with Gasteiger partial charge in [0.1, 0.15) is 12.8 Å². The SMILES string of the molecule is N[C@@H]1C=C(CF)[C@H](O)[C@H](O)C1. The van der Waals surface area contributed by atoms with Crippen molar-refractivity contribution in [3.8, 4) is 0 Å². The summed E-state index contributed by atoms with van der Waals surface area (Å²) in [6.07, 6.45) is -0.220. The smallest absolute Gasteiger partial charge is 0.113 e. The Labute approximate surface area is 64.3 Å². The van der Waals surface area contributed by atoms with Crippen molar-refractivity contribution in [2.75, 3.05) is 6.67 Å². The minimum Gasteiger partial charge on any atom is -0.390 e. The first-order valence-electron chi connectivity index (χ1n) is 3.53. The van der Waals surface area contributed by atoms with Crippen LogP contribution in [0.1, 0.15) is 6.42 Å². The van der Waals surface area contributed by atoms with Crippen molar-refractivity contribution < 1.29 is 14.6 Å². The highest BCUT2D eigenvalue weighted by Crippen LogP contribution is 2.18. The number of aliphatic hydroxyl groups excluding tert-OH is 2. The van der Waals surface area contributed by atoms with E-state index in [0.717, 1.165) is 0 Å². The summed E-state index contributed by atoms with van der Waals surface area (Å²) in [7, 11) is 0. The van der Waals surface area contributed by atoms with E-state index < -0.39 is 18.9 Å². The van der Waals surface area contributed by atoms with Gasteiger partial charge < -0.3 is 15.9 Å². The molecule has 3 atom stereocenters. The Bertz CT molecular complexity index is 172. The Morgan fingerprint density at radius 1 is 1.64 bits per heavy atom. The number of hydrogen-bond donors (Lipinski definition) is 3. The first-order valence-corrected chi connectivity index (χ1v) is 3.53. The number of hydrogen-bond acceptors (Lipinski definition) is 3. The monoisotopic (exact) mass is 161 g/mol. The molecule has 0 heterocycles. The van der Waals surface area contributed by atoms with E-state index in [2.05, 4.69) is 0 Å². The highest BCUT2D eigenvalue weighted by Gasteiger charge is 2.27. The van der Waals surface area contributed by atoms with E-state index in [9.17, 15) is 4.39 Å². The molecule has 0 unspecified atom stereocenters. The zero-order valence-electron chi connectivity index (χ0n) is 6.07. The van der Waals surface area contributed by atoms with Crippen LogP contribution in [0.15, 0.2) is 11.6 Å². The fourth-order valence-corrected chi connectivity index (χ4v) is 1.22. The molecule has 0 spiro atoms. The van der Waals surface area contributed by atoms with E-state index in [1.165, 1.54) is 6.08 Å². The Hall–Kier alpha value is -0.450. The van der Waals surface area contributed by atoms with Crippen LogP contribution in [0.2, 0.25) is 0 Å². The molecule has 0 saturated carbocycles. The van der Waals surface area contributed by atoms with Gasteiger partial charge in [-0.3, -0.25) is 0 Å². The standard InChI is InChI=1S/C7H12FNO2/c8-3-4-1-5(9)2-6(10)7(4)11/h1,5-7,10-11H,2-3,9H2/t5-,6-,7+/m1/s1. The van der Waals surface area contributed by atoms with Gasteiger partial charge in [0.15, 0.2) is 0 Å². The molecule has 1 aliphatic carbocycles. The number of halogens is 1. The zero-order chi connectivity index (χ0) is 8.43. The molecule has 0 aliphatic heterocycles. The highest BCUT2D eigenvalue weighted by atomic mass is 19.1. The van der Waals surface area contributed by atoms with Crippen molar-refractivity contribution in [2.45, 2.75) is 24.7 Å². The number of rotatable bonds is 1. The minimum absolute atomic E-state index is 0.191. The second-order valence-electron chi connectivity index (χ2n) is 2.79. The first-order chi connectivity index (χ1) is 5.15. The van der Waals surface area contributed by atoms with Gasteiger partial charge in [0.05, 0.1) is 6.10 Å². The Balaban J connectivity index is 2.72. The lowest BCUT2D eigenvalue weighted by molar-refractivity contribution is 0.0248. The van der Waals surface area contributed by atoms with Crippen LogP contribution in [0.25, 0.3) is 0 Å². The minimum atomic E-state index is -1.07. The lowest BCUT2D eigenvalue weighted by atomic mass is 9.92. The van der Waals surface area contributed by atoms with E-state index in [0.29, 0.717) is 6.42 Å². The van der Waals surface area contributed by atoms with Gasteiger partial charge in [-0.25, -0.2) is 4.39 Å². The maximum atomic E-state index is 12.1. The van der Waals surface area contributed by atoms with Gasteiger partial charge in [0.2, 0.25) is 0 Å². The van der Waals surface area contributed by atoms with Crippen molar-refractivity contribution >= 4 is 0 Å². The fraction of sp³-hybridized carbons (Fsp3) is 0.714. The van der Waals surface area contributed by atoms with E-state index >= 15 is 0 Å². The molecule has 11 heavy (non-hydrogen) atoms. The average molecular weight is 161 g/mol. The van der Waals surface area contributed by atoms with Crippen molar-refractivity contribution in [3.63, 3.8) is 0 Å². The predicted molar refractivity (Wildman–Crippen MR) is 38.7 cm³/mol. The largest absolute Gasteiger partial charge is 0.390 e. The molecule has 0 saturated heterocycles. The van der Waals surface area contributed by atoms with Gasteiger partial charge in [-0.05, 0) is 12.0 Å². The van der Waals surface area contributed by atoms with E-state index in [4.69, 9.17) is 15.9 Å². The molecule has 0 aromatic carbocycles. The lowest BCUT2D eigenvalue weighted by Gasteiger charge is -2.26. The van der Waals surface area contributed by atoms with Crippen molar-refractivity contribution in [3.05, 3.63) is 11.6 Å². The molecule has 0 aromatic rings. The molecule has 0 bridgehead atoms. The van der Waals surface area contributed by atoms with Gasteiger partial charge in [-0.2, -0.15) is 0 Å². The number of alkyl halides is 1. The molecule has 0 fully saturated rings. The van der Waals surface area contributed by atoms with Gasteiger partial charge in [0, 0.05) is 6.04 Å². The molecule has 64 valence electrons. The fourth-order valence-electron chi connectivity index (χ4n) is 1.22. The number of nitrogens with two attached hydrogens (primary N) is 1. The van der Waals surface area contributed by atoms with Crippen LogP contribution in [0.3, 0.4) is 0 Å². The summed E-state index contributed by atoms with van der Waals surface area (Å²) in [6, 6.07) is -0.334. The normalized spacial score (nSPS) is 38.5.